The summed E-state index contributed by atoms with van der Waals surface area (Å²) in [5.74, 6) is -0.310. The van der Waals surface area contributed by atoms with E-state index in [1.165, 1.54) is 16.9 Å². The van der Waals surface area contributed by atoms with Gasteiger partial charge in [0, 0.05) is 17.0 Å². The van der Waals surface area contributed by atoms with Gasteiger partial charge in [-0.2, -0.15) is 0 Å². The molecule has 0 unspecified atom stereocenters. The Morgan fingerprint density at radius 2 is 2.04 bits per heavy atom. The van der Waals surface area contributed by atoms with E-state index in [2.05, 4.69) is 22.4 Å². The SMILES string of the molecule is CCc1ccc(-c2nc(C(=O)OCC(=O)Nc3cc(C)on3)cs2)cc1. The van der Waals surface area contributed by atoms with E-state index in [1.807, 2.05) is 24.3 Å². The summed E-state index contributed by atoms with van der Waals surface area (Å²) in [6, 6.07) is 9.58. The number of thiazole rings is 1. The Hall–Kier alpha value is -3.00. The van der Waals surface area contributed by atoms with Gasteiger partial charge in [-0.05, 0) is 18.9 Å². The molecule has 0 aliphatic carbocycles. The van der Waals surface area contributed by atoms with Crippen LogP contribution in [0.1, 0.15) is 28.7 Å². The molecule has 0 spiro atoms. The third-order valence-corrected chi connectivity index (χ3v) is 4.44. The summed E-state index contributed by atoms with van der Waals surface area (Å²) in [5, 5.41) is 8.44. The number of ether oxygens (including phenoxy) is 1. The van der Waals surface area contributed by atoms with Crippen molar-refractivity contribution in [1.29, 1.82) is 0 Å². The maximum Gasteiger partial charge on any atom is 0.358 e. The van der Waals surface area contributed by atoms with Gasteiger partial charge in [0.2, 0.25) is 0 Å². The van der Waals surface area contributed by atoms with Gasteiger partial charge in [0.05, 0.1) is 0 Å². The van der Waals surface area contributed by atoms with Crippen LogP contribution in [-0.4, -0.2) is 28.6 Å². The molecular weight excluding hydrogens is 354 g/mol. The summed E-state index contributed by atoms with van der Waals surface area (Å²) in [7, 11) is 0. The van der Waals surface area contributed by atoms with Crippen molar-refractivity contribution >= 4 is 29.0 Å². The Balaban J connectivity index is 1.56. The van der Waals surface area contributed by atoms with Crippen LogP contribution >= 0.6 is 11.3 Å². The maximum atomic E-state index is 12.1. The molecule has 2 aromatic heterocycles. The van der Waals surface area contributed by atoms with Crippen LogP contribution in [0.3, 0.4) is 0 Å². The van der Waals surface area contributed by atoms with Crippen LogP contribution in [0.25, 0.3) is 10.6 Å². The number of esters is 1. The number of carbonyl (C=O) groups is 2. The van der Waals surface area contributed by atoms with E-state index in [4.69, 9.17) is 9.26 Å². The first-order valence-electron chi connectivity index (χ1n) is 8.00. The maximum absolute atomic E-state index is 12.1. The van der Waals surface area contributed by atoms with Crippen LogP contribution < -0.4 is 5.32 Å². The van der Waals surface area contributed by atoms with Crippen molar-refractivity contribution in [2.75, 3.05) is 11.9 Å². The van der Waals surface area contributed by atoms with Crippen molar-refractivity contribution in [3.05, 3.63) is 52.7 Å². The number of amides is 1. The Morgan fingerprint density at radius 1 is 1.27 bits per heavy atom. The van der Waals surface area contributed by atoms with Crippen molar-refractivity contribution < 1.29 is 18.8 Å². The van der Waals surface area contributed by atoms with Crippen molar-refractivity contribution in [3.63, 3.8) is 0 Å². The molecule has 0 fully saturated rings. The van der Waals surface area contributed by atoms with Crippen LogP contribution in [0.2, 0.25) is 0 Å². The standard InChI is InChI=1S/C18H17N3O4S/c1-3-12-4-6-13(7-5-12)17-19-14(10-26-17)18(23)24-9-16(22)20-15-8-11(2)25-21-15/h4-8,10H,3,9H2,1-2H3,(H,20,21,22). The van der Waals surface area contributed by atoms with E-state index in [0.717, 1.165) is 17.0 Å². The quantitative estimate of drug-likeness (QED) is 0.667. The molecule has 0 radical (unpaired) electrons. The Kier molecular flexibility index (Phi) is 5.43. The zero-order valence-corrected chi connectivity index (χ0v) is 15.1. The van der Waals surface area contributed by atoms with E-state index in [0.29, 0.717) is 5.76 Å². The number of rotatable bonds is 6. The minimum absolute atomic E-state index is 0.176. The fraction of sp³-hybridized carbons (Fsp3) is 0.222. The third kappa shape index (κ3) is 4.34. The van der Waals surface area contributed by atoms with Crippen LogP contribution in [-0.2, 0) is 16.0 Å². The fourth-order valence-corrected chi connectivity index (χ4v) is 2.99. The first kappa shape index (κ1) is 17.8. The second kappa shape index (κ2) is 7.92. The highest BCUT2D eigenvalue weighted by Gasteiger charge is 2.15. The van der Waals surface area contributed by atoms with Crippen LogP contribution in [0.15, 0.2) is 40.2 Å². The molecule has 0 bridgehead atoms. The lowest BCUT2D eigenvalue weighted by molar-refractivity contribution is -0.119. The Labute approximate surface area is 154 Å². The average Bonchev–Trinajstić information content (AvgIpc) is 3.29. The summed E-state index contributed by atoms with van der Waals surface area (Å²) in [6.45, 7) is 3.37. The van der Waals surface area contributed by atoms with Gasteiger partial charge in [0.15, 0.2) is 18.1 Å². The summed E-state index contributed by atoms with van der Waals surface area (Å²) in [5.41, 5.74) is 2.35. The van der Waals surface area contributed by atoms with Gasteiger partial charge < -0.3 is 14.6 Å². The number of aryl methyl sites for hydroxylation is 2. The normalized spacial score (nSPS) is 10.5. The molecule has 3 rings (SSSR count). The molecule has 2 heterocycles. The number of carbonyl (C=O) groups excluding carboxylic acids is 2. The lowest BCUT2D eigenvalue weighted by atomic mass is 10.1. The lowest BCUT2D eigenvalue weighted by Gasteiger charge is -2.02. The largest absolute Gasteiger partial charge is 0.451 e. The Morgan fingerprint density at radius 3 is 2.69 bits per heavy atom. The van der Waals surface area contributed by atoms with Crippen molar-refractivity contribution in [2.24, 2.45) is 0 Å². The molecular formula is C18H17N3O4S. The topological polar surface area (TPSA) is 94.3 Å². The first-order chi connectivity index (χ1) is 12.5. The van der Waals surface area contributed by atoms with Crippen molar-refractivity contribution in [2.45, 2.75) is 20.3 Å². The Bertz CT molecular complexity index is 915. The average molecular weight is 371 g/mol. The molecule has 7 nitrogen and oxygen atoms in total. The predicted octanol–water partition coefficient (Wildman–Crippen LogP) is 3.46. The van der Waals surface area contributed by atoms with Gasteiger partial charge in [-0.25, -0.2) is 9.78 Å². The van der Waals surface area contributed by atoms with E-state index >= 15 is 0 Å². The highest BCUT2D eigenvalue weighted by molar-refractivity contribution is 7.13. The molecule has 26 heavy (non-hydrogen) atoms. The minimum atomic E-state index is -0.649. The first-order valence-corrected chi connectivity index (χ1v) is 8.88. The number of nitrogens with zero attached hydrogens (tertiary/aromatic N) is 2. The molecule has 1 aromatic carbocycles. The zero-order valence-electron chi connectivity index (χ0n) is 14.3. The minimum Gasteiger partial charge on any atom is -0.451 e. The second-order valence-electron chi connectivity index (χ2n) is 5.54. The smallest absolute Gasteiger partial charge is 0.358 e. The van der Waals surface area contributed by atoms with Gasteiger partial charge >= 0.3 is 5.97 Å². The highest BCUT2D eigenvalue weighted by atomic mass is 32.1. The summed E-state index contributed by atoms with van der Waals surface area (Å²) in [6.07, 6.45) is 0.964. The summed E-state index contributed by atoms with van der Waals surface area (Å²) >= 11 is 1.35. The molecule has 0 aliphatic rings. The van der Waals surface area contributed by atoms with E-state index < -0.39 is 18.5 Å². The summed E-state index contributed by atoms with van der Waals surface area (Å²) < 4.78 is 9.83. The van der Waals surface area contributed by atoms with Crippen LogP contribution in [0.4, 0.5) is 5.82 Å². The molecule has 0 atom stereocenters. The van der Waals surface area contributed by atoms with E-state index in [9.17, 15) is 9.59 Å². The molecule has 1 N–H and O–H groups in total. The molecule has 1 amide bonds. The van der Waals surface area contributed by atoms with Gasteiger partial charge in [-0.3, -0.25) is 4.79 Å². The number of aromatic nitrogens is 2. The van der Waals surface area contributed by atoms with Crippen molar-refractivity contribution in [3.8, 4) is 10.6 Å². The number of benzene rings is 1. The molecule has 0 aliphatic heterocycles. The molecule has 8 heteroatoms. The van der Waals surface area contributed by atoms with Gasteiger partial charge in [0.25, 0.3) is 5.91 Å². The summed E-state index contributed by atoms with van der Waals surface area (Å²) in [4.78, 5) is 28.1. The van der Waals surface area contributed by atoms with Crippen LogP contribution in [0.5, 0.6) is 0 Å². The van der Waals surface area contributed by atoms with Gasteiger partial charge in [-0.15, -0.1) is 11.3 Å². The van der Waals surface area contributed by atoms with Crippen LogP contribution in [0, 0.1) is 6.92 Å². The van der Waals surface area contributed by atoms with Gasteiger partial charge in [-0.1, -0.05) is 36.3 Å². The number of anilines is 1. The molecule has 134 valence electrons. The van der Waals surface area contributed by atoms with Crippen molar-refractivity contribution in [1.82, 2.24) is 10.1 Å². The zero-order chi connectivity index (χ0) is 18.5. The molecule has 0 saturated carbocycles. The highest BCUT2D eigenvalue weighted by Crippen LogP contribution is 2.24. The number of hydrogen-bond donors (Lipinski definition) is 1. The monoisotopic (exact) mass is 371 g/mol. The molecule has 0 saturated heterocycles. The predicted molar refractivity (Wildman–Crippen MR) is 97.1 cm³/mol. The number of nitrogens with one attached hydrogen (secondary N) is 1. The third-order valence-electron chi connectivity index (χ3n) is 3.55. The molecule has 3 aromatic rings. The number of hydrogen-bond acceptors (Lipinski definition) is 7. The fourth-order valence-electron chi connectivity index (χ4n) is 2.19. The van der Waals surface area contributed by atoms with E-state index in [-0.39, 0.29) is 11.5 Å². The lowest BCUT2D eigenvalue weighted by Crippen LogP contribution is -2.21. The second-order valence-corrected chi connectivity index (χ2v) is 6.39. The van der Waals surface area contributed by atoms with E-state index in [1.54, 1.807) is 18.4 Å². The van der Waals surface area contributed by atoms with Gasteiger partial charge in [0.1, 0.15) is 10.8 Å².